The Morgan fingerprint density at radius 3 is 1.64 bits per heavy atom. The van der Waals surface area contributed by atoms with Gasteiger partial charge in [0.15, 0.2) is 0 Å². The molecule has 0 spiro atoms. The third-order valence-corrected chi connectivity index (χ3v) is 8.49. The van der Waals surface area contributed by atoms with Crippen molar-refractivity contribution in [2.24, 2.45) is 0 Å². The summed E-state index contributed by atoms with van der Waals surface area (Å²) >= 11 is 0. The van der Waals surface area contributed by atoms with Gasteiger partial charge < -0.3 is 40.4 Å². The fraction of sp³-hybridized carbons (Fsp3) is 0.353. The van der Waals surface area contributed by atoms with Crippen molar-refractivity contribution < 1.29 is 57.3 Å². The van der Waals surface area contributed by atoms with Gasteiger partial charge in [-0.3, -0.25) is 9.59 Å². The number of carboxylic acid groups (broad SMARTS) is 2. The maximum Gasteiger partial charge on any atom is 0.303 e. The van der Waals surface area contributed by atoms with Gasteiger partial charge in [0.1, 0.15) is 0 Å². The number of aliphatic carboxylic acids is 2. The number of hydrogen-bond acceptors (Lipinski definition) is 4. The van der Waals surface area contributed by atoms with E-state index in [1.807, 2.05) is 39.8 Å². The van der Waals surface area contributed by atoms with Gasteiger partial charge in [0.2, 0.25) is 0 Å². The molecule has 4 aromatic heterocycles. The summed E-state index contributed by atoms with van der Waals surface area (Å²) in [6.45, 7) is 10.9. The van der Waals surface area contributed by atoms with E-state index in [2.05, 4.69) is 0 Å². The van der Waals surface area contributed by atoms with Gasteiger partial charge in [-0.1, -0.05) is 57.7 Å². The first kappa shape index (κ1) is 34.3. The van der Waals surface area contributed by atoms with Crippen LogP contribution in [0.3, 0.4) is 0 Å². The first-order chi connectivity index (χ1) is 20.8. The maximum atomic E-state index is 11.5. The average molecular weight is 709 g/mol. The molecule has 0 saturated carbocycles. The van der Waals surface area contributed by atoms with Gasteiger partial charge in [-0.05, 0) is 65.5 Å². The third-order valence-electron chi connectivity index (χ3n) is 8.49. The van der Waals surface area contributed by atoms with Crippen LogP contribution >= 0.6 is 0 Å². The van der Waals surface area contributed by atoms with Crippen LogP contribution in [0.15, 0.2) is 0 Å². The SMILES string of the molecule is Cc1c2[n-]c(c1CCC(=O)O)/C=c1\[n-]/c(c(C)c1CCC(=O)O)=C\c1[n-]c(c(C)c1C(C)O)/C=c1\[n-]/c(c(C)c1C(C)O)=C\2.[Cd]. The van der Waals surface area contributed by atoms with Crippen LogP contribution < -0.4 is 41.3 Å². The monoisotopic (exact) mass is 710 g/mol. The van der Waals surface area contributed by atoms with Crippen molar-refractivity contribution in [2.45, 2.75) is 79.4 Å². The van der Waals surface area contributed by atoms with Gasteiger partial charge in [-0.25, -0.2) is 0 Å². The zero-order chi connectivity index (χ0) is 32.0. The minimum Gasteiger partial charge on any atom is -0.657 e. The Morgan fingerprint density at radius 2 is 1.04 bits per heavy atom. The number of aliphatic hydroxyl groups excluding tert-OH is 2. The molecule has 234 valence electrons. The predicted octanol–water partition coefficient (Wildman–Crippen LogP) is 0.516. The summed E-state index contributed by atoms with van der Waals surface area (Å²) in [5, 5.41) is 42.7. The van der Waals surface area contributed by atoms with Gasteiger partial charge >= 0.3 is 11.9 Å². The van der Waals surface area contributed by atoms with Gasteiger partial charge in [0.05, 0.1) is 12.2 Å². The molecular formula is C34H36CdN4O6-4. The zero-order valence-electron chi connectivity index (χ0n) is 26.4. The summed E-state index contributed by atoms with van der Waals surface area (Å²) in [7, 11) is 0. The van der Waals surface area contributed by atoms with E-state index in [9.17, 15) is 30.0 Å². The van der Waals surface area contributed by atoms with Gasteiger partial charge in [0.25, 0.3) is 0 Å². The molecular weight excluding hydrogens is 673 g/mol. The van der Waals surface area contributed by atoms with Crippen molar-refractivity contribution in [3.63, 3.8) is 0 Å². The predicted molar refractivity (Wildman–Crippen MR) is 164 cm³/mol. The Balaban J connectivity index is 0.00000461. The second-order valence-corrected chi connectivity index (χ2v) is 11.5. The normalized spacial score (nSPS) is 16.5. The minimum atomic E-state index is -0.931. The van der Waals surface area contributed by atoms with Crippen LogP contribution in [0.1, 0.15) is 106 Å². The van der Waals surface area contributed by atoms with Crippen molar-refractivity contribution in [3.05, 3.63) is 88.7 Å². The Bertz CT molecular complexity index is 2040. The molecule has 5 heterocycles. The summed E-state index contributed by atoms with van der Waals surface area (Å²) in [6.07, 6.45) is 5.93. The number of nitrogens with zero attached hydrogens (tertiary/aromatic N) is 4. The van der Waals surface area contributed by atoms with Crippen molar-refractivity contribution in [3.8, 4) is 0 Å². The maximum absolute atomic E-state index is 11.5. The van der Waals surface area contributed by atoms with Crippen molar-refractivity contribution >= 4 is 36.2 Å². The van der Waals surface area contributed by atoms with E-state index in [-0.39, 0.29) is 53.0 Å². The van der Waals surface area contributed by atoms with E-state index in [1.165, 1.54) is 0 Å². The van der Waals surface area contributed by atoms with E-state index in [0.717, 1.165) is 33.4 Å². The molecule has 4 aromatic rings. The summed E-state index contributed by atoms with van der Waals surface area (Å²) in [6, 6.07) is 0. The van der Waals surface area contributed by atoms with E-state index >= 15 is 0 Å². The van der Waals surface area contributed by atoms with E-state index < -0.39 is 24.1 Å². The first-order valence-electron chi connectivity index (χ1n) is 14.6. The Labute approximate surface area is 280 Å². The van der Waals surface area contributed by atoms with Crippen LogP contribution in [-0.4, -0.2) is 32.4 Å². The second-order valence-electron chi connectivity index (χ2n) is 11.5. The summed E-state index contributed by atoms with van der Waals surface area (Å²) in [4.78, 5) is 42.6. The van der Waals surface area contributed by atoms with Crippen molar-refractivity contribution in [1.29, 1.82) is 0 Å². The molecule has 1 aliphatic heterocycles. The average Bonchev–Trinajstić information content (AvgIpc) is 3.59. The smallest absolute Gasteiger partial charge is 0.303 e. The number of carbonyl (C=O) groups is 2. The molecule has 0 aromatic carbocycles. The van der Waals surface area contributed by atoms with Crippen molar-refractivity contribution in [1.82, 2.24) is 19.9 Å². The Morgan fingerprint density at radius 1 is 0.578 bits per heavy atom. The third kappa shape index (κ3) is 6.68. The number of aromatic nitrogens is 4. The molecule has 8 bridgehead atoms. The molecule has 5 rings (SSSR count). The zero-order valence-corrected chi connectivity index (χ0v) is 30.4. The molecule has 0 amide bonds. The number of aliphatic hydroxyl groups is 2. The molecule has 2 atom stereocenters. The van der Waals surface area contributed by atoms with E-state index in [0.29, 0.717) is 55.3 Å². The summed E-state index contributed by atoms with van der Waals surface area (Å²) in [5.41, 5.74) is 8.32. The van der Waals surface area contributed by atoms with Gasteiger partial charge in [-0.15, -0.1) is 44.2 Å². The number of fused-ring (bicyclic) bond motifs is 8. The molecule has 2 unspecified atom stereocenters. The largest absolute Gasteiger partial charge is 0.657 e. The Hall–Kier alpha value is -3.62. The molecule has 10 nitrogen and oxygen atoms in total. The Kier molecular flexibility index (Phi) is 10.2. The molecule has 4 N–H and O–H groups in total. The fourth-order valence-corrected chi connectivity index (χ4v) is 6.15. The van der Waals surface area contributed by atoms with E-state index in [4.69, 9.17) is 19.9 Å². The van der Waals surface area contributed by atoms with Crippen molar-refractivity contribution in [2.75, 3.05) is 0 Å². The van der Waals surface area contributed by atoms with Crippen LogP contribution in [0.2, 0.25) is 0 Å². The first-order valence-corrected chi connectivity index (χ1v) is 14.6. The molecule has 0 saturated heterocycles. The standard InChI is InChI=1S/C34H36N4O6.Cd/c1-15-21(7-9-31(41)42)27-14-28-22(8-10-32(43)44)16(2)24(36-28)12-29-34(20(6)40)18(4)26(38-29)13-30-33(19(5)39)17(3)25(37-30)11-23(15)35-27;/h11-14,19-20,39-40H,7-10H2,1-6H3,(H,41,42)(H,43,44);/q-4;/b23-11?,24-12-,25-11-,26-13?,27-14?,28-14-,29-12?,30-13-;. The minimum absolute atomic E-state index is 0. The quantitative estimate of drug-likeness (QED) is 0.167. The molecule has 45 heavy (non-hydrogen) atoms. The van der Waals surface area contributed by atoms with Gasteiger partial charge in [0, 0.05) is 40.1 Å². The number of hydrogen-bond donors (Lipinski definition) is 4. The molecule has 0 fully saturated rings. The second kappa shape index (κ2) is 13.4. The van der Waals surface area contributed by atoms with Gasteiger partial charge in [-0.2, -0.15) is 0 Å². The fourth-order valence-electron chi connectivity index (χ4n) is 6.15. The summed E-state index contributed by atoms with van der Waals surface area (Å²) in [5.74, 6) is -1.86. The van der Waals surface area contributed by atoms with E-state index in [1.54, 1.807) is 26.0 Å². The van der Waals surface area contributed by atoms with Crippen LogP contribution in [-0.2, 0) is 49.7 Å². The molecule has 0 radical (unpaired) electrons. The molecule has 0 aliphatic carbocycles. The molecule has 1 aliphatic rings. The van der Waals surface area contributed by atoms with Crippen LogP contribution in [0.25, 0.3) is 24.3 Å². The van der Waals surface area contributed by atoms with Crippen LogP contribution in [0.5, 0.6) is 0 Å². The molecule has 11 heteroatoms. The topological polar surface area (TPSA) is 171 Å². The number of rotatable bonds is 8. The van der Waals surface area contributed by atoms with Crippen LogP contribution in [0.4, 0.5) is 0 Å². The summed E-state index contributed by atoms with van der Waals surface area (Å²) < 4.78 is 0. The number of carboxylic acids is 2. The van der Waals surface area contributed by atoms with Crippen LogP contribution in [0, 0.1) is 27.7 Å².